The van der Waals surface area contributed by atoms with E-state index in [-0.39, 0.29) is 52.7 Å². The Bertz CT molecular complexity index is 677. The van der Waals surface area contributed by atoms with Crippen LogP contribution in [0.1, 0.15) is 59.3 Å². The zero-order valence-corrected chi connectivity index (χ0v) is 16.1. The summed E-state index contributed by atoms with van der Waals surface area (Å²) in [4.78, 5) is 25.8. The number of fused-ring (bicyclic) bond motifs is 2. The molecule has 0 spiro atoms. The van der Waals surface area contributed by atoms with Crippen molar-refractivity contribution in [1.82, 2.24) is 4.90 Å². The summed E-state index contributed by atoms with van der Waals surface area (Å²) in [5.74, 6) is -0.371. The molecule has 26 heavy (non-hydrogen) atoms. The molecule has 5 rings (SSSR count). The second kappa shape index (κ2) is 5.09. The zero-order valence-electron chi connectivity index (χ0n) is 16.1. The Hall–Kier alpha value is -0.980. The Morgan fingerprint density at radius 2 is 1.62 bits per heavy atom. The van der Waals surface area contributed by atoms with E-state index in [1.165, 1.54) is 4.90 Å². The average Bonchev–Trinajstić information content (AvgIpc) is 3.51. The Kier molecular flexibility index (Phi) is 3.35. The predicted molar refractivity (Wildman–Crippen MR) is 92.3 cm³/mol. The van der Waals surface area contributed by atoms with Gasteiger partial charge in [-0.2, -0.15) is 0 Å². The Balaban J connectivity index is 1.13. The minimum atomic E-state index is -0.184. The molecule has 144 valence electrons. The van der Waals surface area contributed by atoms with E-state index < -0.39 is 0 Å². The summed E-state index contributed by atoms with van der Waals surface area (Å²) in [5, 5.41) is 0. The van der Waals surface area contributed by atoms with Crippen molar-refractivity contribution in [3.8, 4) is 0 Å². The second-order valence-electron chi connectivity index (χ2n) is 9.77. The molecule has 0 aromatic rings. The summed E-state index contributed by atoms with van der Waals surface area (Å²) < 4.78 is 17.7. The minimum Gasteiger partial charge on any atom is -0.367 e. The minimum absolute atomic E-state index is 0.0205. The van der Waals surface area contributed by atoms with Gasteiger partial charge in [-0.3, -0.25) is 14.5 Å². The monoisotopic (exact) mass is 363 g/mol. The van der Waals surface area contributed by atoms with Crippen LogP contribution in [0.25, 0.3) is 0 Å². The van der Waals surface area contributed by atoms with Crippen molar-refractivity contribution >= 4 is 11.8 Å². The number of hydrogen-bond donors (Lipinski definition) is 0. The first-order chi connectivity index (χ1) is 12.2. The standard InChI is InChI=1S/C20H29NO5/c1-18(2)13(24-18)5-7-19(3)14(25-19)6-8-20-10-12-11(9-15(20)26-20)16(22)21(4)17(12)23/h11-15H,5-10H2,1-4H3. The Labute approximate surface area is 154 Å². The summed E-state index contributed by atoms with van der Waals surface area (Å²) in [6, 6.07) is 0. The molecule has 7 atom stereocenters. The molecule has 5 fully saturated rings. The smallest absolute Gasteiger partial charge is 0.232 e. The maximum Gasteiger partial charge on any atom is 0.232 e. The number of likely N-dealkylation sites (tertiary alicyclic amines) is 1. The van der Waals surface area contributed by atoms with Gasteiger partial charge in [0.2, 0.25) is 11.8 Å². The fourth-order valence-electron chi connectivity index (χ4n) is 5.47. The van der Waals surface area contributed by atoms with Gasteiger partial charge in [-0.25, -0.2) is 0 Å². The first-order valence-electron chi connectivity index (χ1n) is 10.0. The van der Waals surface area contributed by atoms with Crippen LogP contribution in [0, 0.1) is 11.8 Å². The maximum absolute atomic E-state index is 12.3. The van der Waals surface area contributed by atoms with E-state index in [1.54, 1.807) is 7.05 Å². The van der Waals surface area contributed by atoms with Crippen molar-refractivity contribution in [2.45, 2.75) is 94.4 Å². The van der Waals surface area contributed by atoms with Crippen LogP contribution >= 0.6 is 0 Å². The molecule has 4 aliphatic heterocycles. The highest BCUT2D eigenvalue weighted by Crippen LogP contribution is 2.58. The molecule has 1 aliphatic carbocycles. The number of imide groups is 1. The van der Waals surface area contributed by atoms with Gasteiger partial charge in [-0.1, -0.05) is 0 Å². The average molecular weight is 363 g/mol. The van der Waals surface area contributed by atoms with E-state index >= 15 is 0 Å². The van der Waals surface area contributed by atoms with Crippen LogP contribution in [-0.4, -0.2) is 58.9 Å². The highest BCUT2D eigenvalue weighted by Gasteiger charge is 2.67. The maximum atomic E-state index is 12.3. The molecule has 0 aromatic carbocycles. The van der Waals surface area contributed by atoms with Gasteiger partial charge >= 0.3 is 0 Å². The van der Waals surface area contributed by atoms with Crippen LogP contribution < -0.4 is 0 Å². The summed E-state index contributed by atoms with van der Waals surface area (Å²) in [5.41, 5.74) is -0.164. The fourth-order valence-corrected chi connectivity index (χ4v) is 5.47. The summed E-state index contributed by atoms with van der Waals surface area (Å²) in [6.45, 7) is 6.47. The summed E-state index contributed by atoms with van der Waals surface area (Å²) in [6.07, 6.45) is 6.19. The van der Waals surface area contributed by atoms with Gasteiger partial charge in [0.05, 0.1) is 47.0 Å². The predicted octanol–water partition coefficient (Wildman–Crippen LogP) is 2.04. The largest absolute Gasteiger partial charge is 0.367 e. The molecule has 6 nitrogen and oxygen atoms in total. The van der Waals surface area contributed by atoms with Crippen molar-refractivity contribution in [1.29, 1.82) is 0 Å². The molecule has 0 radical (unpaired) electrons. The molecule has 0 bridgehead atoms. The van der Waals surface area contributed by atoms with E-state index in [9.17, 15) is 9.59 Å². The number of carbonyl (C=O) groups is 2. The molecule has 5 aliphatic rings. The van der Waals surface area contributed by atoms with Crippen molar-refractivity contribution in [2.24, 2.45) is 11.8 Å². The first-order valence-corrected chi connectivity index (χ1v) is 10.0. The van der Waals surface area contributed by atoms with Gasteiger partial charge in [-0.15, -0.1) is 0 Å². The number of ether oxygens (including phenoxy) is 3. The van der Waals surface area contributed by atoms with Crippen LogP contribution in [0.3, 0.4) is 0 Å². The highest BCUT2D eigenvalue weighted by molar-refractivity contribution is 6.05. The van der Waals surface area contributed by atoms with Crippen LogP contribution in [0.2, 0.25) is 0 Å². The van der Waals surface area contributed by atoms with Gasteiger partial charge in [0, 0.05) is 7.05 Å². The first kappa shape index (κ1) is 17.1. The molecule has 0 aromatic heterocycles. The van der Waals surface area contributed by atoms with E-state index in [0.29, 0.717) is 18.9 Å². The third kappa shape index (κ3) is 2.49. The van der Waals surface area contributed by atoms with Gasteiger partial charge in [-0.05, 0) is 59.3 Å². The number of carbonyl (C=O) groups excluding carboxylic acids is 2. The summed E-state index contributed by atoms with van der Waals surface area (Å²) in [7, 11) is 1.61. The lowest BCUT2D eigenvalue weighted by molar-refractivity contribution is -0.138. The van der Waals surface area contributed by atoms with Crippen molar-refractivity contribution in [2.75, 3.05) is 7.05 Å². The normalized spacial score (nSPS) is 50.5. The zero-order chi connectivity index (χ0) is 18.5. The molecular weight excluding hydrogens is 334 g/mol. The topological polar surface area (TPSA) is 75.0 Å². The van der Waals surface area contributed by atoms with E-state index in [4.69, 9.17) is 14.2 Å². The highest BCUT2D eigenvalue weighted by atomic mass is 16.6. The van der Waals surface area contributed by atoms with E-state index in [2.05, 4.69) is 20.8 Å². The van der Waals surface area contributed by atoms with Gasteiger partial charge < -0.3 is 14.2 Å². The van der Waals surface area contributed by atoms with Crippen LogP contribution in [-0.2, 0) is 23.8 Å². The van der Waals surface area contributed by atoms with Crippen LogP contribution in [0.4, 0.5) is 0 Å². The third-order valence-electron chi connectivity index (χ3n) is 7.65. The Morgan fingerprint density at radius 3 is 2.31 bits per heavy atom. The van der Waals surface area contributed by atoms with E-state index in [1.807, 2.05) is 0 Å². The Morgan fingerprint density at radius 1 is 0.962 bits per heavy atom. The molecule has 4 saturated heterocycles. The van der Waals surface area contributed by atoms with Gasteiger partial charge in [0.1, 0.15) is 0 Å². The number of epoxide rings is 3. The molecule has 2 amide bonds. The summed E-state index contributed by atoms with van der Waals surface area (Å²) >= 11 is 0. The number of nitrogens with zero attached hydrogens (tertiary/aromatic N) is 1. The third-order valence-corrected chi connectivity index (χ3v) is 7.65. The van der Waals surface area contributed by atoms with Crippen molar-refractivity contribution in [3.63, 3.8) is 0 Å². The van der Waals surface area contributed by atoms with Gasteiger partial charge in [0.25, 0.3) is 0 Å². The molecule has 1 saturated carbocycles. The number of rotatable bonds is 6. The lowest BCUT2D eigenvalue weighted by Gasteiger charge is -2.24. The second-order valence-corrected chi connectivity index (χ2v) is 9.77. The van der Waals surface area contributed by atoms with E-state index in [0.717, 1.165) is 25.7 Å². The van der Waals surface area contributed by atoms with Gasteiger partial charge in [0.15, 0.2) is 0 Å². The molecule has 0 N–H and O–H groups in total. The molecular formula is C20H29NO5. The quantitative estimate of drug-likeness (QED) is 0.533. The lowest BCUT2D eigenvalue weighted by atomic mass is 9.73. The lowest BCUT2D eigenvalue weighted by Crippen LogP contribution is -2.34. The van der Waals surface area contributed by atoms with Crippen molar-refractivity contribution in [3.05, 3.63) is 0 Å². The number of amides is 2. The molecule has 7 unspecified atom stereocenters. The van der Waals surface area contributed by atoms with Crippen LogP contribution in [0.15, 0.2) is 0 Å². The SMILES string of the molecule is CN1C(=O)C2CC3OC3(CCC3OC3(C)CCC3OC3(C)C)CC2C1=O. The fraction of sp³-hybridized carbons (Fsp3) is 0.900. The molecule has 4 heterocycles. The van der Waals surface area contributed by atoms with Crippen LogP contribution in [0.5, 0.6) is 0 Å². The molecule has 6 heteroatoms. The number of hydrogen-bond acceptors (Lipinski definition) is 5. The van der Waals surface area contributed by atoms with Crippen molar-refractivity contribution < 1.29 is 23.8 Å².